The van der Waals surface area contributed by atoms with Crippen molar-refractivity contribution in [1.82, 2.24) is 4.98 Å². The summed E-state index contributed by atoms with van der Waals surface area (Å²) in [5, 5.41) is 0. The molecule has 4 nitrogen and oxygen atoms in total. The molecule has 0 aliphatic heterocycles. The largest absolute Gasteiger partial charge is 0.469 e. The van der Waals surface area contributed by atoms with Gasteiger partial charge < -0.3 is 9.47 Å². The number of rotatable bonds is 4. The zero-order valence-corrected chi connectivity index (χ0v) is 10.3. The quantitative estimate of drug-likeness (QED) is 0.794. The number of esters is 1. The first-order valence-corrected chi connectivity index (χ1v) is 5.62. The maximum Gasteiger partial charge on any atom is 0.309 e. The summed E-state index contributed by atoms with van der Waals surface area (Å²) in [4.78, 5) is 14.9. The molecule has 1 heterocycles. The van der Waals surface area contributed by atoms with E-state index in [1.807, 2.05) is 0 Å². The Morgan fingerprint density at radius 2 is 2.00 bits per heavy atom. The molecule has 1 aromatic heterocycles. The number of hydrogen-bond acceptors (Lipinski definition) is 4. The molecule has 0 radical (unpaired) electrons. The van der Waals surface area contributed by atoms with Crippen LogP contribution < -0.4 is 4.74 Å². The van der Waals surface area contributed by atoms with Crippen LogP contribution in [0.3, 0.4) is 0 Å². The van der Waals surface area contributed by atoms with Gasteiger partial charge in [-0.15, -0.1) is 0 Å². The van der Waals surface area contributed by atoms with Crippen LogP contribution in [-0.2, 0) is 16.0 Å². The minimum Gasteiger partial charge on any atom is -0.469 e. The Kier molecular flexibility index (Phi) is 4.07. The molecule has 0 N–H and O–H groups in total. The molecule has 0 saturated heterocycles. The van der Waals surface area contributed by atoms with Gasteiger partial charge in [-0.25, -0.2) is 4.39 Å². The van der Waals surface area contributed by atoms with E-state index in [4.69, 9.17) is 4.74 Å². The lowest BCUT2D eigenvalue weighted by Crippen LogP contribution is -2.04. The third-order valence-corrected chi connectivity index (χ3v) is 2.45. The van der Waals surface area contributed by atoms with Crippen LogP contribution >= 0.6 is 0 Å². The van der Waals surface area contributed by atoms with E-state index in [0.29, 0.717) is 11.3 Å². The lowest BCUT2D eigenvalue weighted by atomic mass is 10.1. The highest BCUT2D eigenvalue weighted by atomic mass is 19.1. The first kappa shape index (κ1) is 13.0. The molecular formula is C14H12FNO3. The van der Waals surface area contributed by atoms with E-state index >= 15 is 0 Å². The Labute approximate surface area is 109 Å². The normalized spacial score (nSPS) is 10.0. The lowest BCUT2D eigenvalue weighted by molar-refractivity contribution is -0.139. The van der Waals surface area contributed by atoms with Gasteiger partial charge in [-0.3, -0.25) is 9.78 Å². The van der Waals surface area contributed by atoms with E-state index in [0.717, 1.165) is 0 Å². The van der Waals surface area contributed by atoms with Crippen LogP contribution in [0, 0.1) is 5.82 Å². The molecule has 0 amide bonds. The minimum atomic E-state index is -0.529. The Balaban J connectivity index is 2.13. The molecule has 2 aromatic rings. The van der Waals surface area contributed by atoms with Crippen molar-refractivity contribution in [3.63, 3.8) is 0 Å². The van der Waals surface area contributed by atoms with Gasteiger partial charge in [-0.2, -0.15) is 0 Å². The van der Waals surface area contributed by atoms with Gasteiger partial charge in [-0.05, 0) is 29.8 Å². The lowest BCUT2D eigenvalue weighted by Gasteiger charge is -2.07. The first-order chi connectivity index (χ1) is 9.19. The number of halogens is 1. The van der Waals surface area contributed by atoms with Gasteiger partial charge in [0, 0.05) is 12.4 Å². The summed E-state index contributed by atoms with van der Waals surface area (Å²) in [5.41, 5.74) is 0.534. The average Bonchev–Trinajstić information content (AvgIpc) is 2.43. The number of carbonyl (C=O) groups is 1. The molecular weight excluding hydrogens is 249 g/mol. The molecule has 19 heavy (non-hydrogen) atoms. The number of pyridine rings is 1. The van der Waals surface area contributed by atoms with Crippen molar-refractivity contribution in [2.24, 2.45) is 0 Å². The topological polar surface area (TPSA) is 48.4 Å². The molecule has 0 spiro atoms. The van der Waals surface area contributed by atoms with E-state index in [1.165, 1.54) is 19.2 Å². The van der Waals surface area contributed by atoms with Crippen molar-refractivity contribution in [2.45, 2.75) is 6.42 Å². The smallest absolute Gasteiger partial charge is 0.309 e. The van der Waals surface area contributed by atoms with E-state index in [9.17, 15) is 9.18 Å². The van der Waals surface area contributed by atoms with Gasteiger partial charge in [0.05, 0.1) is 13.5 Å². The number of benzene rings is 1. The Morgan fingerprint density at radius 1 is 1.26 bits per heavy atom. The average molecular weight is 261 g/mol. The molecule has 0 fully saturated rings. The Hall–Kier alpha value is -2.43. The van der Waals surface area contributed by atoms with Gasteiger partial charge in [-0.1, -0.05) is 6.07 Å². The van der Waals surface area contributed by atoms with Crippen LogP contribution in [0.4, 0.5) is 4.39 Å². The monoisotopic (exact) mass is 261 g/mol. The summed E-state index contributed by atoms with van der Waals surface area (Å²) in [5.74, 6) is -0.352. The van der Waals surface area contributed by atoms with Gasteiger partial charge in [0.25, 0.3) is 0 Å². The highest BCUT2D eigenvalue weighted by Crippen LogP contribution is 2.24. The fourth-order valence-electron chi connectivity index (χ4n) is 1.51. The van der Waals surface area contributed by atoms with Crippen molar-refractivity contribution in [1.29, 1.82) is 0 Å². The van der Waals surface area contributed by atoms with Gasteiger partial charge >= 0.3 is 5.97 Å². The second kappa shape index (κ2) is 5.95. The van der Waals surface area contributed by atoms with Crippen molar-refractivity contribution < 1.29 is 18.7 Å². The molecule has 0 saturated carbocycles. The molecule has 1 aromatic carbocycles. The maximum atomic E-state index is 13.8. The van der Waals surface area contributed by atoms with Crippen LogP contribution in [0.5, 0.6) is 11.5 Å². The van der Waals surface area contributed by atoms with Crippen molar-refractivity contribution in [2.75, 3.05) is 7.11 Å². The fraction of sp³-hybridized carbons (Fsp3) is 0.143. The van der Waals surface area contributed by atoms with E-state index in [-0.39, 0.29) is 12.2 Å². The summed E-state index contributed by atoms with van der Waals surface area (Å²) in [7, 11) is 1.29. The van der Waals surface area contributed by atoms with Crippen LogP contribution in [0.2, 0.25) is 0 Å². The number of aromatic nitrogens is 1. The summed E-state index contributed by atoms with van der Waals surface area (Å²) in [6, 6.07) is 7.61. The third kappa shape index (κ3) is 3.51. The first-order valence-electron chi connectivity index (χ1n) is 5.62. The third-order valence-electron chi connectivity index (χ3n) is 2.45. The summed E-state index contributed by atoms with van der Waals surface area (Å²) >= 11 is 0. The molecule has 0 atom stereocenters. The molecule has 2 rings (SSSR count). The SMILES string of the molecule is COC(=O)Cc1ccc(Oc2ccncc2)c(F)c1. The number of hydrogen-bond donors (Lipinski definition) is 0. The van der Waals surface area contributed by atoms with Crippen molar-refractivity contribution in [3.05, 3.63) is 54.1 Å². The van der Waals surface area contributed by atoms with Crippen molar-refractivity contribution >= 4 is 5.97 Å². The molecule has 0 bridgehead atoms. The molecule has 0 aliphatic carbocycles. The second-order valence-corrected chi connectivity index (χ2v) is 3.80. The van der Waals surface area contributed by atoms with Crippen LogP contribution in [-0.4, -0.2) is 18.1 Å². The summed E-state index contributed by atoms with van der Waals surface area (Å²) < 4.78 is 23.7. The maximum absolute atomic E-state index is 13.8. The predicted molar refractivity (Wildman–Crippen MR) is 66.4 cm³/mol. The minimum absolute atomic E-state index is 0.0307. The highest BCUT2D eigenvalue weighted by molar-refractivity contribution is 5.72. The molecule has 5 heteroatoms. The van der Waals surface area contributed by atoms with E-state index in [1.54, 1.807) is 30.6 Å². The fourth-order valence-corrected chi connectivity index (χ4v) is 1.51. The van der Waals surface area contributed by atoms with Gasteiger partial charge in [0.2, 0.25) is 0 Å². The Morgan fingerprint density at radius 3 is 2.63 bits per heavy atom. The second-order valence-electron chi connectivity index (χ2n) is 3.80. The van der Waals surface area contributed by atoms with Crippen molar-refractivity contribution in [3.8, 4) is 11.5 Å². The number of nitrogens with zero attached hydrogens (tertiary/aromatic N) is 1. The highest BCUT2D eigenvalue weighted by Gasteiger charge is 2.09. The van der Waals surface area contributed by atoms with Crippen LogP contribution in [0.1, 0.15) is 5.56 Å². The number of carbonyl (C=O) groups excluding carboxylic acids is 1. The Bertz CT molecular complexity index is 572. The van der Waals surface area contributed by atoms with Crippen LogP contribution in [0.15, 0.2) is 42.7 Å². The number of methoxy groups -OCH3 is 1. The standard InChI is InChI=1S/C14H12FNO3/c1-18-14(17)9-10-2-3-13(12(15)8-10)19-11-4-6-16-7-5-11/h2-8H,9H2,1H3. The molecule has 0 unspecified atom stereocenters. The van der Waals surface area contributed by atoms with Gasteiger partial charge in [0.1, 0.15) is 5.75 Å². The predicted octanol–water partition coefficient (Wildman–Crippen LogP) is 2.73. The zero-order valence-electron chi connectivity index (χ0n) is 10.3. The van der Waals surface area contributed by atoms with E-state index < -0.39 is 11.8 Å². The van der Waals surface area contributed by atoms with Gasteiger partial charge in [0.15, 0.2) is 11.6 Å². The number of ether oxygens (including phenoxy) is 2. The van der Waals surface area contributed by atoms with Crippen LogP contribution in [0.25, 0.3) is 0 Å². The summed E-state index contributed by atoms with van der Waals surface area (Å²) in [6.07, 6.45) is 3.14. The summed E-state index contributed by atoms with van der Waals surface area (Å²) in [6.45, 7) is 0. The van der Waals surface area contributed by atoms with E-state index in [2.05, 4.69) is 9.72 Å². The molecule has 0 aliphatic rings. The molecule has 98 valence electrons. The zero-order chi connectivity index (χ0) is 13.7.